The van der Waals surface area contributed by atoms with Gasteiger partial charge in [0.25, 0.3) is 0 Å². The second-order valence-corrected chi connectivity index (χ2v) is 0.703. The maximum absolute atomic E-state index is 3.47. The molecule has 2 nitrogen and oxygen atoms in total. The van der Waals surface area contributed by atoms with Gasteiger partial charge in [-0.3, -0.25) is 0 Å². The van der Waals surface area contributed by atoms with Crippen LogP contribution in [0.4, 0.5) is 0 Å². The molecule has 1 heterocycles. The van der Waals surface area contributed by atoms with E-state index in [0.29, 0.717) is 0 Å². The van der Waals surface area contributed by atoms with Crippen LogP contribution in [0.3, 0.4) is 0 Å². The van der Waals surface area contributed by atoms with Crippen molar-refractivity contribution in [3.63, 3.8) is 0 Å². The average Bonchev–Trinajstić information content (AvgIpc) is 1.76. The van der Waals surface area contributed by atoms with E-state index in [4.69, 9.17) is 0 Å². The second kappa shape index (κ2) is 6.31. The third-order valence-corrected chi connectivity index (χ3v) is 0.362. The fourth-order valence-corrected chi connectivity index (χ4v) is 0.186. The van der Waals surface area contributed by atoms with Crippen LogP contribution in [-0.2, 0) is 32.7 Å². The maximum Gasteiger partial charge on any atom is 0 e. The van der Waals surface area contributed by atoms with Gasteiger partial charge in [0.2, 0.25) is 0 Å². The molecule has 1 aromatic heterocycles. The minimum atomic E-state index is 0. The summed E-state index contributed by atoms with van der Waals surface area (Å²) >= 11 is 0. The fraction of sp³-hybridized carbons (Fsp3) is 0. The topological polar surface area (TPSA) is 28.7 Å². The normalized spacial score (nSPS) is 5.71. The van der Waals surface area contributed by atoms with Crippen LogP contribution in [0.25, 0.3) is 0 Å². The summed E-state index contributed by atoms with van der Waals surface area (Å²) in [6.45, 7) is 0. The first-order chi connectivity index (χ1) is 2.50. The van der Waals surface area contributed by atoms with Crippen LogP contribution in [0.15, 0.2) is 12.3 Å². The summed E-state index contributed by atoms with van der Waals surface area (Å²) in [5.41, 5.74) is 0. The zero-order valence-corrected chi connectivity index (χ0v) is 7.02. The molecule has 0 saturated heterocycles. The van der Waals surface area contributed by atoms with Crippen LogP contribution in [-0.4, -0.2) is 10.2 Å². The van der Waals surface area contributed by atoms with E-state index in [1.165, 1.54) is 0 Å². The Labute approximate surface area is 68.6 Å². The molecule has 0 aliphatic carbocycles. The predicted octanol–water partition coefficient (Wildman–Crippen LogP) is 0.658. The quantitative estimate of drug-likeness (QED) is 0.570. The molecule has 37 valence electrons. The average molecular weight is 171 g/mol. The largest absolute Gasteiger partial charge is 0.382 e. The third-order valence-electron chi connectivity index (χ3n) is 0.362. The van der Waals surface area contributed by atoms with Crippen molar-refractivity contribution < 1.29 is 32.7 Å². The Kier molecular flexibility index (Phi) is 9.31. The van der Waals surface area contributed by atoms with Crippen molar-refractivity contribution in [3.05, 3.63) is 25.9 Å². The number of hydrogen-bond acceptors (Lipinski definition) is 1. The second-order valence-electron chi connectivity index (χ2n) is 0.703. The van der Waals surface area contributed by atoms with E-state index in [9.17, 15) is 0 Å². The van der Waals surface area contributed by atoms with Gasteiger partial charge in [-0.25, -0.2) is 0 Å². The smallest absolute Gasteiger partial charge is 0 e. The molecule has 3 heteroatoms. The summed E-state index contributed by atoms with van der Waals surface area (Å²) in [5, 5.41) is 6.03. The zero-order valence-electron chi connectivity index (χ0n) is 4.18. The molecule has 1 aromatic rings. The van der Waals surface area contributed by atoms with Gasteiger partial charge in [-0.05, 0) is 0 Å². The summed E-state index contributed by atoms with van der Waals surface area (Å²) in [5.74, 6) is 0. The molecule has 7 heavy (non-hydrogen) atoms. The van der Waals surface area contributed by atoms with Crippen LogP contribution in [0, 0.1) is 13.6 Å². The Hall–Kier alpha value is 0.314. The summed E-state index contributed by atoms with van der Waals surface area (Å²) < 4.78 is 0. The Balaban J connectivity index is 0. The summed E-state index contributed by atoms with van der Waals surface area (Å²) in [7, 11) is 0. The molecular formula is C4H6N2Y-2. The van der Waals surface area contributed by atoms with Crippen LogP contribution in [0.1, 0.15) is 0 Å². The van der Waals surface area contributed by atoms with E-state index >= 15 is 0 Å². The van der Waals surface area contributed by atoms with Crippen molar-refractivity contribution in [2.75, 3.05) is 0 Å². The van der Waals surface area contributed by atoms with Crippen molar-refractivity contribution in [2.24, 2.45) is 0 Å². The number of nitrogens with zero attached hydrogens (tertiary/aromatic N) is 1. The summed E-state index contributed by atoms with van der Waals surface area (Å²) in [6, 6.07) is 1.71. The van der Waals surface area contributed by atoms with Crippen LogP contribution < -0.4 is 0 Å². The monoisotopic (exact) mass is 171 g/mol. The van der Waals surface area contributed by atoms with Gasteiger partial charge >= 0.3 is 0 Å². The Morgan fingerprint density at radius 2 is 2.29 bits per heavy atom. The maximum atomic E-state index is 3.47. The van der Waals surface area contributed by atoms with E-state index in [1.807, 2.05) is 0 Å². The van der Waals surface area contributed by atoms with Gasteiger partial charge in [0.15, 0.2) is 0 Å². The molecule has 1 radical (unpaired) electrons. The number of rotatable bonds is 0. The molecule has 0 aromatic carbocycles. The molecule has 0 fully saturated rings. The molecule has 0 atom stereocenters. The molecule has 1 rings (SSSR count). The molecule has 1 N–H and O–H groups in total. The number of aromatic nitrogens is 2. The van der Waals surface area contributed by atoms with Crippen LogP contribution in [0.2, 0.25) is 0 Å². The van der Waals surface area contributed by atoms with Gasteiger partial charge in [-0.15, -0.1) is 12.4 Å². The molecule has 0 aliphatic heterocycles. The molecule has 0 amide bonds. The molecule has 0 spiro atoms. The van der Waals surface area contributed by atoms with Crippen molar-refractivity contribution in [2.45, 2.75) is 0 Å². The fourth-order valence-electron chi connectivity index (χ4n) is 0.186. The van der Waals surface area contributed by atoms with Gasteiger partial charge in [0.1, 0.15) is 0 Å². The minimum Gasteiger partial charge on any atom is -0.382 e. The third kappa shape index (κ3) is 4.16. The van der Waals surface area contributed by atoms with Crippen molar-refractivity contribution in [3.8, 4) is 0 Å². The Bertz CT molecular complexity index is 66.2. The van der Waals surface area contributed by atoms with Crippen molar-refractivity contribution in [1.82, 2.24) is 10.2 Å². The molecule has 0 saturated carbocycles. The van der Waals surface area contributed by atoms with Crippen molar-refractivity contribution >= 4 is 0 Å². The number of hydrogen-bond donors (Lipinski definition) is 1. The van der Waals surface area contributed by atoms with Crippen LogP contribution >= 0.6 is 0 Å². The zero-order chi connectivity index (χ0) is 3.54. The number of H-pyrrole nitrogens is 1. The minimum absolute atomic E-state index is 0. The summed E-state index contributed by atoms with van der Waals surface area (Å²) in [4.78, 5) is 0. The van der Waals surface area contributed by atoms with Crippen LogP contribution in [0.5, 0.6) is 0 Å². The van der Waals surface area contributed by atoms with Gasteiger partial charge in [0, 0.05) is 32.7 Å². The SMILES string of the molecule is [CH3-].[Y].[c-]1cc[nH]n1. The molecule has 0 aliphatic rings. The van der Waals surface area contributed by atoms with E-state index in [-0.39, 0.29) is 40.1 Å². The Morgan fingerprint density at radius 1 is 1.57 bits per heavy atom. The first-order valence-corrected chi connectivity index (χ1v) is 1.36. The van der Waals surface area contributed by atoms with Crippen molar-refractivity contribution in [1.29, 1.82) is 0 Å². The molecule has 0 bridgehead atoms. The van der Waals surface area contributed by atoms with Gasteiger partial charge in [0.05, 0.1) is 0 Å². The molecular weight excluding hydrogens is 165 g/mol. The molecule has 0 unspecified atom stereocenters. The first-order valence-electron chi connectivity index (χ1n) is 1.36. The van der Waals surface area contributed by atoms with Gasteiger partial charge in [-0.1, -0.05) is 0 Å². The standard InChI is InChI=1S/C3H3N2.CH3.Y/c1-2-4-5-3-1;;/h1-2H,(H,4,5);1H3;/q2*-1;. The first kappa shape index (κ1) is 10.3. The Morgan fingerprint density at radius 3 is 2.43 bits per heavy atom. The summed E-state index contributed by atoms with van der Waals surface area (Å²) in [6.07, 6.45) is 4.26. The number of nitrogens with one attached hydrogen (secondary N) is 1. The number of aromatic amines is 1. The van der Waals surface area contributed by atoms with E-state index in [2.05, 4.69) is 16.4 Å². The predicted molar refractivity (Wildman–Crippen MR) is 23.8 cm³/mol. The van der Waals surface area contributed by atoms with E-state index in [0.717, 1.165) is 0 Å². The van der Waals surface area contributed by atoms with E-state index < -0.39 is 0 Å². The van der Waals surface area contributed by atoms with Gasteiger partial charge < -0.3 is 17.6 Å². The van der Waals surface area contributed by atoms with E-state index in [1.54, 1.807) is 12.3 Å². The van der Waals surface area contributed by atoms with Gasteiger partial charge in [-0.2, -0.15) is 6.07 Å².